The van der Waals surface area contributed by atoms with Gasteiger partial charge in [0.1, 0.15) is 0 Å². The lowest BCUT2D eigenvalue weighted by atomic mass is 10.1. The minimum Gasteiger partial charge on any atom is -0.481 e. The standard InChI is InChI=1S/C9H14N2O2/c1-13-9-4-2-3-8(11-9)7(10)5-6-12/h2-4,7,12H,5-6,10H2,1H3/t7-/m0/s1. The van der Waals surface area contributed by atoms with Gasteiger partial charge < -0.3 is 15.6 Å². The third kappa shape index (κ3) is 2.68. The molecule has 0 unspecified atom stereocenters. The quantitative estimate of drug-likeness (QED) is 0.710. The molecule has 0 aromatic carbocycles. The molecule has 0 aliphatic rings. The molecule has 4 nitrogen and oxygen atoms in total. The Balaban J connectivity index is 2.75. The minimum absolute atomic E-state index is 0.0695. The van der Waals surface area contributed by atoms with Gasteiger partial charge in [-0.25, -0.2) is 4.98 Å². The van der Waals surface area contributed by atoms with Gasteiger partial charge in [0.2, 0.25) is 5.88 Å². The summed E-state index contributed by atoms with van der Waals surface area (Å²) in [5, 5.41) is 8.69. The third-order valence-electron chi connectivity index (χ3n) is 1.77. The molecule has 0 bridgehead atoms. The van der Waals surface area contributed by atoms with Gasteiger partial charge in [-0.05, 0) is 12.5 Å². The van der Waals surface area contributed by atoms with Crippen LogP contribution in [0.3, 0.4) is 0 Å². The number of nitrogens with zero attached hydrogens (tertiary/aromatic N) is 1. The van der Waals surface area contributed by atoms with Crippen LogP contribution in [0.15, 0.2) is 18.2 Å². The summed E-state index contributed by atoms with van der Waals surface area (Å²) in [6.45, 7) is 0.0695. The molecule has 0 amide bonds. The van der Waals surface area contributed by atoms with Crippen molar-refractivity contribution in [1.82, 2.24) is 4.98 Å². The van der Waals surface area contributed by atoms with E-state index in [1.807, 2.05) is 12.1 Å². The molecule has 3 N–H and O–H groups in total. The lowest BCUT2D eigenvalue weighted by Gasteiger charge is -2.09. The van der Waals surface area contributed by atoms with Gasteiger partial charge in [-0.3, -0.25) is 0 Å². The molecule has 0 saturated heterocycles. The van der Waals surface area contributed by atoms with Crippen molar-refractivity contribution in [3.63, 3.8) is 0 Å². The van der Waals surface area contributed by atoms with Gasteiger partial charge in [0, 0.05) is 18.7 Å². The number of methoxy groups -OCH3 is 1. The van der Waals surface area contributed by atoms with Crippen molar-refractivity contribution in [2.75, 3.05) is 13.7 Å². The van der Waals surface area contributed by atoms with Gasteiger partial charge >= 0.3 is 0 Å². The lowest BCUT2D eigenvalue weighted by molar-refractivity contribution is 0.275. The van der Waals surface area contributed by atoms with Crippen molar-refractivity contribution in [1.29, 1.82) is 0 Å². The fourth-order valence-corrected chi connectivity index (χ4v) is 1.04. The van der Waals surface area contributed by atoms with Crippen LogP contribution < -0.4 is 10.5 Å². The van der Waals surface area contributed by atoms with Gasteiger partial charge in [-0.2, -0.15) is 0 Å². The number of rotatable bonds is 4. The Kier molecular flexibility index (Phi) is 3.67. The van der Waals surface area contributed by atoms with E-state index >= 15 is 0 Å². The van der Waals surface area contributed by atoms with Crippen LogP contribution in [0.4, 0.5) is 0 Å². The molecule has 1 heterocycles. The largest absolute Gasteiger partial charge is 0.481 e. The van der Waals surface area contributed by atoms with Crippen LogP contribution in [0.5, 0.6) is 5.88 Å². The Labute approximate surface area is 77.4 Å². The van der Waals surface area contributed by atoms with Crippen molar-refractivity contribution in [2.45, 2.75) is 12.5 Å². The van der Waals surface area contributed by atoms with E-state index in [9.17, 15) is 0 Å². The summed E-state index contributed by atoms with van der Waals surface area (Å²) in [4.78, 5) is 4.15. The molecule has 0 fully saturated rings. The molecule has 0 spiro atoms. The molecule has 0 radical (unpaired) electrons. The monoisotopic (exact) mass is 182 g/mol. The zero-order valence-electron chi connectivity index (χ0n) is 7.60. The first-order valence-electron chi connectivity index (χ1n) is 4.15. The van der Waals surface area contributed by atoms with Crippen LogP contribution in [-0.2, 0) is 0 Å². The number of nitrogens with two attached hydrogens (primary N) is 1. The average Bonchev–Trinajstić information content (AvgIpc) is 2.18. The van der Waals surface area contributed by atoms with Crippen LogP contribution >= 0.6 is 0 Å². The summed E-state index contributed by atoms with van der Waals surface area (Å²) in [6.07, 6.45) is 0.514. The van der Waals surface area contributed by atoms with Gasteiger partial charge in [-0.15, -0.1) is 0 Å². The van der Waals surface area contributed by atoms with Crippen molar-refractivity contribution in [3.05, 3.63) is 23.9 Å². The van der Waals surface area contributed by atoms with Crippen molar-refractivity contribution >= 4 is 0 Å². The fourth-order valence-electron chi connectivity index (χ4n) is 1.04. The summed E-state index contributed by atoms with van der Waals surface area (Å²) in [5.74, 6) is 0.547. The van der Waals surface area contributed by atoms with E-state index in [2.05, 4.69) is 4.98 Å². The molecule has 0 aliphatic heterocycles. The first-order chi connectivity index (χ1) is 6.27. The van der Waals surface area contributed by atoms with E-state index in [4.69, 9.17) is 15.6 Å². The van der Waals surface area contributed by atoms with E-state index in [0.29, 0.717) is 12.3 Å². The summed E-state index contributed by atoms with van der Waals surface area (Å²) in [7, 11) is 1.56. The maximum absolute atomic E-state index is 8.69. The predicted octanol–water partition coefficient (Wildman–Crippen LogP) is 0.472. The number of hydrogen-bond acceptors (Lipinski definition) is 4. The van der Waals surface area contributed by atoms with Crippen LogP contribution in [0.2, 0.25) is 0 Å². The number of aromatic nitrogens is 1. The summed E-state index contributed by atoms with van der Waals surface area (Å²) in [5.41, 5.74) is 6.49. The van der Waals surface area contributed by atoms with E-state index in [-0.39, 0.29) is 12.6 Å². The van der Waals surface area contributed by atoms with Crippen molar-refractivity contribution < 1.29 is 9.84 Å². The Morgan fingerprint density at radius 3 is 3.00 bits per heavy atom. The predicted molar refractivity (Wildman–Crippen MR) is 49.4 cm³/mol. The molecule has 0 aliphatic carbocycles. The Morgan fingerprint density at radius 1 is 1.62 bits per heavy atom. The van der Waals surface area contributed by atoms with Crippen LogP contribution in [0.1, 0.15) is 18.2 Å². The Morgan fingerprint density at radius 2 is 2.38 bits per heavy atom. The van der Waals surface area contributed by atoms with Crippen molar-refractivity contribution in [2.24, 2.45) is 5.73 Å². The van der Waals surface area contributed by atoms with Gasteiger partial charge in [-0.1, -0.05) is 6.07 Å². The lowest BCUT2D eigenvalue weighted by Crippen LogP contribution is -2.13. The zero-order valence-corrected chi connectivity index (χ0v) is 7.60. The van der Waals surface area contributed by atoms with Crippen molar-refractivity contribution in [3.8, 4) is 5.88 Å². The zero-order chi connectivity index (χ0) is 9.68. The van der Waals surface area contributed by atoms with E-state index in [1.54, 1.807) is 13.2 Å². The summed E-state index contributed by atoms with van der Waals surface area (Å²) >= 11 is 0. The summed E-state index contributed by atoms with van der Waals surface area (Å²) in [6, 6.07) is 5.19. The van der Waals surface area contributed by atoms with Crippen LogP contribution in [0, 0.1) is 0 Å². The molecule has 1 atom stereocenters. The van der Waals surface area contributed by atoms with Gasteiger partial charge in [0.25, 0.3) is 0 Å². The SMILES string of the molecule is COc1cccc([C@@H](N)CCO)n1. The average molecular weight is 182 g/mol. The Bertz CT molecular complexity index is 266. The van der Waals surface area contributed by atoms with E-state index < -0.39 is 0 Å². The maximum atomic E-state index is 8.69. The second-order valence-electron chi connectivity index (χ2n) is 2.72. The highest BCUT2D eigenvalue weighted by Crippen LogP contribution is 2.14. The molecule has 13 heavy (non-hydrogen) atoms. The highest BCUT2D eigenvalue weighted by Gasteiger charge is 2.06. The molecular weight excluding hydrogens is 168 g/mol. The van der Waals surface area contributed by atoms with E-state index in [1.165, 1.54) is 0 Å². The number of aliphatic hydroxyl groups is 1. The topological polar surface area (TPSA) is 68.4 Å². The summed E-state index contributed by atoms with van der Waals surface area (Å²) < 4.78 is 4.95. The second kappa shape index (κ2) is 4.79. The molecule has 1 rings (SSSR count). The molecule has 4 heteroatoms. The smallest absolute Gasteiger partial charge is 0.213 e. The molecule has 1 aromatic heterocycles. The second-order valence-corrected chi connectivity index (χ2v) is 2.72. The highest BCUT2D eigenvalue weighted by molar-refractivity contribution is 5.17. The highest BCUT2D eigenvalue weighted by atomic mass is 16.5. The third-order valence-corrected chi connectivity index (χ3v) is 1.77. The molecule has 1 aromatic rings. The number of aliphatic hydroxyl groups excluding tert-OH is 1. The first kappa shape index (κ1) is 9.95. The molecule has 72 valence electrons. The Hall–Kier alpha value is -1.13. The minimum atomic E-state index is -0.222. The fraction of sp³-hybridized carbons (Fsp3) is 0.444. The first-order valence-corrected chi connectivity index (χ1v) is 4.15. The van der Waals surface area contributed by atoms with Crippen LogP contribution in [0.25, 0.3) is 0 Å². The van der Waals surface area contributed by atoms with E-state index in [0.717, 1.165) is 5.69 Å². The van der Waals surface area contributed by atoms with Crippen LogP contribution in [-0.4, -0.2) is 23.8 Å². The van der Waals surface area contributed by atoms with Gasteiger partial charge in [0.05, 0.1) is 12.8 Å². The number of ether oxygens (including phenoxy) is 1. The van der Waals surface area contributed by atoms with Gasteiger partial charge in [0.15, 0.2) is 0 Å². The maximum Gasteiger partial charge on any atom is 0.213 e. The molecular formula is C9H14N2O2. The number of pyridine rings is 1. The normalized spacial score (nSPS) is 12.5. The molecule has 0 saturated carbocycles. The number of hydrogen-bond donors (Lipinski definition) is 2.